The first-order valence-corrected chi connectivity index (χ1v) is 8.60. The standard InChI is InChI=1S/C17H25N5O2/c1-20-6-8-22(9-7-20)15-11-21(12-16(15)23)10-13-2-3-17(24-13)14-4-5-18-19-14/h2-5,15-16,23H,6-12H2,1H3,(H,18,19)/t15-,16-/m1/s1. The maximum Gasteiger partial charge on any atom is 0.152 e. The van der Waals surface area contributed by atoms with E-state index < -0.39 is 0 Å². The second-order valence-corrected chi connectivity index (χ2v) is 6.90. The van der Waals surface area contributed by atoms with Crippen LogP contribution < -0.4 is 0 Å². The summed E-state index contributed by atoms with van der Waals surface area (Å²) in [6.45, 7) is 6.56. The SMILES string of the molecule is CN1CCN([C@@H]2CN(Cc3ccc(-c4ccn[nH]4)o3)C[C@H]2O)CC1. The van der Waals surface area contributed by atoms with Crippen molar-refractivity contribution in [3.8, 4) is 11.5 Å². The summed E-state index contributed by atoms with van der Waals surface area (Å²) >= 11 is 0. The summed E-state index contributed by atoms with van der Waals surface area (Å²) in [5, 5.41) is 17.3. The molecule has 4 rings (SSSR count). The number of likely N-dealkylation sites (tertiary alicyclic amines) is 1. The number of aliphatic hydroxyl groups is 1. The Morgan fingerprint density at radius 2 is 2.04 bits per heavy atom. The van der Waals surface area contributed by atoms with E-state index in [1.807, 2.05) is 18.2 Å². The van der Waals surface area contributed by atoms with Gasteiger partial charge in [0.05, 0.1) is 12.6 Å². The van der Waals surface area contributed by atoms with E-state index in [4.69, 9.17) is 4.42 Å². The molecule has 2 aromatic rings. The summed E-state index contributed by atoms with van der Waals surface area (Å²) < 4.78 is 5.91. The molecular weight excluding hydrogens is 306 g/mol. The van der Waals surface area contributed by atoms with E-state index in [1.165, 1.54) is 0 Å². The number of furan rings is 1. The third-order valence-electron chi connectivity index (χ3n) is 5.15. The van der Waals surface area contributed by atoms with Crippen LogP contribution in [0.3, 0.4) is 0 Å². The molecule has 0 unspecified atom stereocenters. The summed E-state index contributed by atoms with van der Waals surface area (Å²) in [5.41, 5.74) is 0.887. The number of H-pyrrole nitrogens is 1. The molecule has 2 aliphatic heterocycles. The second kappa shape index (κ2) is 6.68. The Morgan fingerprint density at radius 3 is 2.79 bits per heavy atom. The molecule has 0 aliphatic carbocycles. The average Bonchev–Trinajstić information content (AvgIpc) is 3.29. The van der Waals surface area contributed by atoms with Crippen molar-refractivity contribution in [2.75, 3.05) is 46.3 Å². The number of β-amino-alcohol motifs (C(OH)–C–C–N with tert-alkyl or cyclic N) is 1. The van der Waals surface area contributed by atoms with Crippen molar-refractivity contribution in [3.63, 3.8) is 0 Å². The van der Waals surface area contributed by atoms with E-state index in [1.54, 1.807) is 6.20 Å². The lowest BCUT2D eigenvalue weighted by molar-refractivity contribution is 0.0512. The molecule has 7 heteroatoms. The second-order valence-electron chi connectivity index (χ2n) is 6.90. The molecular formula is C17H25N5O2. The number of nitrogens with zero attached hydrogens (tertiary/aromatic N) is 4. The van der Waals surface area contributed by atoms with Crippen LogP contribution in [0.5, 0.6) is 0 Å². The van der Waals surface area contributed by atoms with Crippen molar-refractivity contribution in [2.24, 2.45) is 0 Å². The lowest BCUT2D eigenvalue weighted by Crippen LogP contribution is -2.52. The van der Waals surface area contributed by atoms with Gasteiger partial charge in [-0.3, -0.25) is 14.9 Å². The molecule has 0 saturated carbocycles. The molecule has 2 aliphatic rings. The molecule has 4 heterocycles. The zero-order valence-electron chi connectivity index (χ0n) is 14.1. The molecule has 0 amide bonds. The number of hydrogen-bond acceptors (Lipinski definition) is 6. The summed E-state index contributed by atoms with van der Waals surface area (Å²) in [5.74, 6) is 1.73. The molecule has 2 fully saturated rings. The number of nitrogens with one attached hydrogen (secondary N) is 1. The van der Waals surface area contributed by atoms with Gasteiger partial charge < -0.3 is 14.4 Å². The summed E-state index contributed by atoms with van der Waals surface area (Å²) in [4.78, 5) is 7.06. The van der Waals surface area contributed by atoms with Crippen LogP contribution in [0, 0.1) is 0 Å². The van der Waals surface area contributed by atoms with Crippen LogP contribution in [0.15, 0.2) is 28.8 Å². The first-order chi connectivity index (χ1) is 11.7. The third-order valence-corrected chi connectivity index (χ3v) is 5.15. The zero-order valence-corrected chi connectivity index (χ0v) is 14.1. The molecule has 7 nitrogen and oxygen atoms in total. The van der Waals surface area contributed by atoms with Gasteiger partial charge in [-0.2, -0.15) is 5.10 Å². The van der Waals surface area contributed by atoms with Gasteiger partial charge in [0.15, 0.2) is 5.76 Å². The molecule has 0 radical (unpaired) electrons. The van der Waals surface area contributed by atoms with Crippen molar-refractivity contribution in [1.82, 2.24) is 24.9 Å². The number of hydrogen-bond donors (Lipinski definition) is 2. The molecule has 2 saturated heterocycles. The van der Waals surface area contributed by atoms with E-state index in [2.05, 4.69) is 31.9 Å². The highest BCUT2D eigenvalue weighted by Gasteiger charge is 2.36. The van der Waals surface area contributed by atoms with Gasteiger partial charge in [-0.1, -0.05) is 0 Å². The Balaban J connectivity index is 1.36. The van der Waals surface area contributed by atoms with Crippen molar-refractivity contribution in [3.05, 3.63) is 30.2 Å². The van der Waals surface area contributed by atoms with Crippen LogP contribution in [0.2, 0.25) is 0 Å². The van der Waals surface area contributed by atoms with Gasteiger partial charge in [-0.25, -0.2) is 0 Å². The average molecular weight is 331 g/mol. The lowest BCUT2D eigenvalue weighted by atomic mass is 10.1. The highest BCUT2D eigenvalue weighted by Crippen LogP contribution is 2.23. The van der Waals surface area contributed by atoms with Crippen molar-refractivity contribution < 1.29 is 9.52 Å². The van der Waals surface area contributed by atoms with Gasteiger partial charge in [-0.05, 0) is 25.2 Å². The van der Waals surface area contributed by atoms with Crippen molar-refractivity contribution in [2.45, 2.75) is 18.7 Å². The molecule has 2 aromatic heterocycles. The minimum Gasteiger partial charge on any atom is -0.458 e. The molecule has 24 heavy (non-hydrogen) atoms. The molecule has 130 valence electrons. The summed E-state index contributed by atoms with van der Waals surface area (Å²) in [7, 11) is 2.16. The molecule has 0 aromatic carbocycles. The fourth-order valence-corrected chi connectivity index (χ4v) is 3.71. The number of piperazine rings is 1. The molecule has 0 bridgehead atoms. The number of rotatable bonds is 4. The summed E-state index contributed by atoms with van der Waals surface area (Å²) in [6.07, 6.45) is 1.44. The first kappa shape index (κ1) is 15.8. The van der Waals surface area contributed by atoms with Crippen molar-refractivity contribution >= 4 is 0 Å². The Kier molecular flexibility index (Phi) is 4.41. The van der Waals surface area contributed by atoms with Gasteiger partial charge >= 0.3 is 0 Å². The quantitative estimate of drug-likeness (QED) is 0.848. The van der Waals surface area contributed by atoms with Gasteiger partial charge in [-0.15, -0.1) is 0 Å². The van der Waals surface area contributed by atoms with Crippen LogP contribution in [-0.4, -0.2) is 88.5 Å². The van der Waals surface area contributed by atoms with Crippen LogP contribution in [-0.2, 0) is 6.54 Å². The monoisotopic (exact) mass is 331 g/mol. The highest BCUT2D eigenvalue weighted by atomic mass is 16.3. The van der Waals surface area contributed by atoms with Crippen LogP contribution in [0.25, 0.3) is 11.5 Å². The predicted octanol–water partition coefficient (Wildman–Crippen LogP) is 0.462. The summed E-state index contributed by atoms with van der Waals surface area (Å²) in [6, 6.07) is 6.10. The smallest absolute Gasteiger partial charge is 0.152 e. The number of aliphatic hydroxyl groups excluding tert-OH is 1. The van der Waals surface area contributed by atoms with Gasteiger partial charge in [0, 0.05) is 51.5 Å². The Labute approximate surface area is 141 Å². The van der Waals surface area contributed by atoms with Gasteiger partial charge in [0.1, 0.15) is 11.5 Å². The zero-order chi connectivity index (χ0) is 16.5. The number of aromatic nitrogens is 2. The minimum atomic E-state index is -0.282. The van der Waals surface area contributed by atoms with Crippen LogP contribution in [0.4, 0.5) is 0 Å². The Bertz CT molecular complexity index is 648. The third kappa shape index (κ3) is 3.25. The first-order valence-electron chi connectivity index (χ1n) is 8.60. The highest BCUT2D eigenvalue weighted by molar-refractivity contribution is 5.51. The maximum absolute atomic E-state index is 10.5. The predicted molar refractivity (Wildman–Crippen MR) is 90.4 cm³/mol. The maximum atomic E-state index is 10.5. The molecule has 2 atom stereocenters. The van der Waals surface area contributed by atoms with Crippen molar-refractivity contribution in [1.29, 1.82) is 0 Å². The Hall–Kier alpha value is -1.67. The van der Waals surface area contributed by atoms with E-state index in [9.17, 15) is 5.11 Å². The normalized spacial score (nSPS) is 27.1. The fourth-order valence-electron chi connectivity index (χ4n) is 3.71. The van der Waals surface area contributed by atoms with E-state index >= 15 is 0 Å². The van der Waals surface area contributed by atoms with E-state index in [-0.39, 0.29) is 12.1 Å². The largest absolute Gasteiger partial charge is 0.458 e. The van der Waals surface area contributed by atoms with Crippen LogP contribution >= 0.6 is 0 Å². The van der Waals surface area contributed by atoms with E-state index in [0.717, 1.165) is 56.5 Å². The molecule has 2 N–H and O–H groups in total. The van der Waals surface area contributed by atoms with Gasteiger partial charge in [0.25, 0.3) is 0 Å². The number of aromatic amines is 1. The minimum absolute atomic E-state index is 0.237. The Morgan fingerprint density at radius 1 is 1.21 bits per heavy atom. The molecule has 0 spiro atoms. The topological polar surface area (TPSA) is 71.8 Å². The lowest BCUT2D eigenvalue weighted by Gasteiger charge is -2.37. The van der Waals surface area contributed by atoms with Gasteiger partial charge in [0.2, 0.25) is 0 Å². The van der Waals surface area contributed by atoms with Crippen LogP contribution in [0.1, 0.15) is 5.76 Å². The van der Waals surface area contributed by atoms with E-state index in [0.29, 0.717) is 6.54 Å². The fraction of sp³-hybridized carbons (Fsp3) is 0.588. The number of likely N-dealkylation sites (N-methyl/N-ethyl adjacent to an activating group) is 1.